The molecule has 2 aromatic heterocycles. The average molecular weight is 287 g/mol. The minimum Gasteiger partial charge on any atom is -0.356 e. The molecule has 1 atom stereocenters. The highest BCUT2D eigenvalue weighted by atomic mass is 16.1. The fourth-order valence-corrected chi connectivity index (χ4v) is 2.85. The molecule has 6 heteroatoms. The van der Waals surface area contributed by atoms with Gasteiger partial charge in [-0.2, -0.15) is 9.61 Å². The number of carbonyl (C=O) groups is 1. The Hall–Kier alpha value is -2.11. The lowest BCUT2D eigenvalue weighted by molar-refractivity contribution is -0.124. The summed E-state index contributed by atoms with van der Waals surface area (Å²) in [5.41, 5.74) is 1.92. The molecule has 0 saturated carbocycles. The Morgan fingerprint density at radius 3 is 3.10 bits per heavy atom. The van der Waals surface area contributed by atoms with Crippen molar-refractivity contribution in [2.24, 2.45) is 5.92 Å². The van der Waals surface area contributed by atoms with Gasteiger partial charge in [-0.15, -0.1) is 0 Å². The minimum atomic E-state index is 0.0637. The van der Waals surface area contributed by atoms with E-state index in [1.54, 1.807) is 6.20 Å². The summed E-state index contributed by atoms with van der Waals surface area (Å²) in [6.45, 7) is 6.36. The molecule has 0 radical (unpaired) electrons. The fourth-order valence-electron chi connectivity index (χ4n) is 2.85. The van der Waals surface area contributed by atoms with E-state index < -0.39 is 0 Å². The number of nitrogens with one attached hydrogen (secondary N) is 1. The van der Waals surface area contributed by atoms with Crippen LogP contribution in [-0.4, -0.2) is 40.1 Å². The molecule has 2 aromatic rings. The van der Waals surface area contributed by atoms with Gasteiger partial charge in [-0.1, -0.05) is 6.92 Å². The summed E-state index contributed by atoms with van der Waals surface area (Å²) in [5.74, 6) is 1.25. The van der Waals surface area contributed by atoms with Gasteiger partial charge in [-0.05, 0) is 19.8 Å². The van der Waals surface area contributed by atoms with Gasteiger partial charge in [0, 0.05) is 37.5 Å². The third kappa shape index (κ3) is 2.57. The summed E-state index contributed by atoms with van der Waals surface area (Å²) < 4.78 is 1.86. The van der Waals surface area contributed by atoms with Crippen LogP contribution in [0.15, 0.2) is 18.3 Å². The van der Waals surface area contributed by atoms with Gasteiger partial charge in [0.2, 0.25) is 5.91 Å². The lowest BCUT2D eigenvalue weighted by Crippen LogP contribution is -2.33. The molecule has 1 fully saturated rings. The molecule has 112 valence electrons. The standard InChI is InChI=1S/C15H21N5O/c1-3-12-9-14(20-13(18-12)5-7-17-20)19-8-6-11(10-19)15(21)16-4-2/h5,7,9,11H,3-4,6,8,10H2,1-2H3,(H,16,21)/t11-/m0/s1. The first-order valence-corrected chi connectivity index (χ1v) is 7.59. The molecule has 0 bridgehead atoms. The molecule has 1 N–H and O–H groups in total. The van der Waals surface area contributed by atoms with Crippen LogP contribution in [0.25, 0.3) is 5.65 Å². The topological polar surface area (TPSA) is 62.5 Å². The summed E-state index contributed by atoms with van der Waals surface area (Å²) in [4.78, 5) is 18.8. The molecule has 0 spiro atoms. The maximum Gasteiger partial charge on any atom is 0.224 e. The van der Waals surface area contributed by atoms with Crippen molar-refractivity contribution in [3.05, 3.63) is 24.0 Å². The Balaban J connectivity index is 1.87. The van der Waals surface area contributed by atoms with Crippen LogP contribution in [0.4, 0.5) is 5.82 Å². The van der Waals surface area contributed by atoms with Crippen molar-refractivity contribution in [2.75, 3.05) is 24.5 Å². The zero-order valence-corrected chi connectivity index (χ0v) is 12.5. The van der Waals surface area contributed by atoms with Gasteiger partial charge in [-0.25, -0.2) is 4.98 Å². The van der Waals surface area contributed by atoms with Crippen LogP contribution in [0, 0.1) is 5.92 Å². The van der Waals surface area contributed by atoms with E-state index in [-0.39, 0.29) is 11.8 Å². The van der Waals surface area contributed by atoms with Gasteiger partial charge >= 0.3 is 0 Å². The lowest BCUT2D eigenvalue weighted by atomic mass is 10.1. The van der Waals surface area contributed by atoms with Crippen molar-refractivity contribution >= 4 is 17.4 Å². The number of aryl methyl sites for hydroxylation is 1. The maximum atomic E-state index is 12.0. The number of aromatic nitrogens is 3. The van der Waals surface area contributed by atoms with Crippen LogP contribution in [0.1, 0.15) is 26.0 Å². The molecule has 1 aliphatic heterocycles. The second-order valence-corrected chi connectivity index (χ2v) is 5.39. The largest absolute Gasteiger partial charge is 0.356 e. The average Bonchev–Trinajstić information content (AvgIpc) is 3.15. The molecule has 1 aliphatic rings. The number of nitrogens with zero attached hydrogens (tertiary/aromatic N) is 4. The van der Waals surface area contributed by atoms with E-state index >= 15 is 0 Å². The number of hydrogen-bond acceptors (Lipinski definition) is 4. The van der Waals surface area contributed by atoms with E-state index in [9.17, 15) is 4.79 Å². The third-order valence-electron chi connectivity index (χ3n) is 3.99. The zero-order valence-electron chi connectivity index (χ0n) is 12.5. The monoisotopic (exact) mass is 287 g/mol. The van der Waals surface area contributed by atoms with Crippen LogP contribution >= 0.6 is 0 Å². The van der Waals surface area contributed by atoms with Crippen LogP contribution in [0.2, 0.25) is 0 Å². The van der Waals surface area contributed by atoms with Crippen molar-refractivity contribution in [2.45, 2.75) is 26.7 Å². The normalized spacial score (nSPS) is 18.4. The van der Waals surface area contributed by atoms with E-state index in [1.165, 1.54) is 0 Å². The zero-order chi connectivity index (χ0) is 14.8. The first-order valence-electron chi connectivity index (χ1n) is 7.59. The maximum absolute atomic E-state index is 12.0. The Kier molecular flexibility index (Phi) is 3.77. The van der Waals surface area contributed by atoms with Gasteiger partial charge in [-0.3, -0.25) is 4.79 Å². The molecular weight excluding hydrogens is 266 g/mol. The fraction of sp³-hybridized carbons (Fsp3) is 0.533. The molecular formula is C15H21N5O. The molecule has 0 unspecified atom stereocenters. The van der Waals surface area contributed by atoms with Crippen molar-refractivity contribution in [1.82, 2.24) is 19.9 Å². The molecule has 6 nitrogen and oxygen atoms in total. The Bertz CT molecular complexity index is 651. The third-order valence-corrected chi connectivity index (χ3v) is 3.99. The molecule has 0 aliphatic carbocycles. The summed E-state index contributed by atoms with van der Waals surface area (Å²) >= 11 is 0. The SMILES string of the molecule is CCNC(=O)[C@H]1CCN(c2cc(CC)nc3ccnn23)C1. The molecule has 21 heavy (non-hydrogen) atoms. The molecule has 3 rings (SSSR count). The highest BCUT2D eigenvalue weighted by Crippen LogP contribution is 2.25. The summed E-state index contributed by atoms with van der Waals surface area (Å²) in [6.07, 6.45) is 3.54. The Labute approximate surface area is 124 Å². The first-order chi connectivity index (χ1) is 10.2. The van der Waals surface area contributed by atoms with Crippen molar-refractivity contribution in [1.29, 1.82) is 0 Å². The number of rotatable bonds is 4. The smallest absolute Gasteiger partial charge is 0.224 e. The summed E-state index contributed by atoms with van der Waals surface area (Å²) in [5, 5.41) is 7.27. The highest BCUT2D eigenvalue weighted by Gasteiger charge is 2.29. The lowest BCUT2D eigenvalue weighted by Gasteiger charge is -2.20. The quantitative estimate of drug-likeness (QED) is 0.919. The van der Waals surface area contributed by atoms with Gasteiger partial charge in [0.15, 0.2) is 5.65 Å². The Morgan fingerprint density at radius 2 is 2.33 bits per heavy atom. The number of anilines is 1. The van der Waals surface area contributed by atoms with E-state index in [0.29, 0.717) is 6.54 Å². The van der Waals surface area contributed by atoms with E-state index in [0.717, 1.165) is 43.1 Å². The van der Waals surface area contributed by atoms with Crippen molar-refractivity contribution < 1.29 is 4.79 Å². The van der Waals surface area contributed by atoms with Gasteiger partial charge in [0.1, 0.15) is 5.82 Å². The van der Waals surface area contributed by atoms with Gasteiger partial charge in [0.05, 0.1) is 12.1 Å². The highest BCUT2D eigenvalue weighted by molar-refractivity contribution is 5.80. The number of amides is 1. The minimum absolute atomic E-state index is 0.0637. The summed E-state index contributed by atoms with van der Waals surface area (Å²) in [7, 11) is 0. The molecule has 3 heterocycles. The number of hydrogen-bond donors (Lipinski definition) is 1. The van der Waals surface area contributed by atoms with Gasteiger partial charge < -0.3 is 10.2 Å². The van der Waals surface area contributed by atoms with Crippen molar-refractivity contribution in [3.63, 3.8) is 0 Å². The van der Waals surface area contributed by atoms with Crippen LogP contribution in [0.5, 0.6) is 0 Å². The van der Waals surface area contributed by atoms with Crippen LogP contribution < -0.4 is 10.2 Å². The molecule has 0 aromatic carbocycles. The van der Waals surface area contributed by atoms with Gasteiger partial charge in [0.25, 0.3) is 0 Å². The predicted molar refractivity (Wildman–Crippen MR) is 81.4 cm³/mol. The second kappa shape index (κ2) is 5.71. The van der Waals surface area contributed by atoms with Crippen molar-refractivity contribution in [3.8, 4) is 0 Å². The van der Waals surface area contributed by atoms with E-state index in [4.69, 9.17) is 0 Å². The van der Waals surface area contributed by atoms with Crippen LogP contribution in [-0.2, 0) is 11.2 Å². The molecule has 1 amide bonds. The van der Waals surface area contributed by atoms with E-state index in [2.05, 4.69) is 33.3 Å². The molecule has 1 saturated heterocycles. The van der Waals surface area contributed by atoms with Crippen LogP contribution in [0.3, 0.4) is 0 Å². The predicted octanol–water partition coefficient (Wildman–Crippen LogP) is 1.25. The first kappa shape index (κ1) is 13.9. The number of fused-ring (bicyclic) bond motifs is 1. The second-order valence-electron chi connectivity index (χ2n) is 5.39. The summed E-state index contributed by atoms with van der Waals surface area (Å²) in [6, 6.07) is 4.00. The van der Waals surface area contributed by atoms with E-state index in [1.807, 2.05) is 17.5 Å². The number of carbonyl (C=O) groups excluding carboxylic acids is 1. The Morgan fingerprint density at radius 1 is 1.48 bits per heavy atom.